The van der Waals surface area contributed by atoms with Crippen LogP contribution >= 0.6 is 0 Å². The maximum Gasteiger partial charge on any atom is 0.357 e. The summed E-state index contributed by atoms with van der Waals surface area (Å²) in [5.41, 5.74) is 1.48. The number of carbonyl (C=O) groups excluding carboxylic acids is 1. The quantitative estimate of drug-likeness (QED) is 0.512. The van der Waals surface area contributed by atoms with Gasteiger partial charge >= 0.3 is 12.5 Å². The van der Waals surface area contributed by atoms with Crippen molar-refractivity contribution in [3.63, 3.8) is 0 Å². The predicted octanol–water partition coefficient (Wildman–Crippen LogP) is 4.34. The summed E-state index contributed by atoms with van der Waals surface area (Å²) in [6.45, 7) is -3.15. The molecule has 2 aromatic heterocycles. The molecule has 0 aliphatic heterocycles. The summed E-state index contributed by atoms with van der Waals surface area (Å²) < 4.78 is 32.7. The fourth-order valence-corrected chi connectivity index (χ4v) is 2.80. The molecule has 0 amide bonds. The number of fused-ring (bicyclic) bond motifs is 2. The fraction of sp³-hybridized carbons (Fsp3) is 0.105. The highest BCUT2D eigenvalue weighted by atomic mass is 19.3. The van der Waals surface area contributed by atoms with Crippen molar-refractivity contribution in [3.05, 3.63) is 72.2 Å². The van der Waals surface area contributed by atoms with E-state index in [9.17, 15) is 13.6 Å². The lowest BCUT2D eigenvalue weighted by Gasteiger charge is -2.08. The lowest BCUT2D eigenvalue weighted by atomic mass is 10.2. The number of hydrogen-bond donors (Lipinski definition) is 0. The molecule has 7 heteroatoms. The number of benzene rings is 2. The number of para-hydroxylation sites is 3. The van der Waals surface area contributed by atoms with E-state index >= 15 is 0 Å². The topological polar surface area (TPSA) is 57.0 Å². The number of rotatable bonds is 4. The highest BCUT2D eigenvalue weighted by Crippen LogP contribution is 2.23. The molecule has 26 heavy (non-hydrogen) atoms. The van der Waals surface area contributed by atoms with Gasteiger partial charge in [0.1, 0.15) is 12.3 Å². The number of hydrogen-bond acceptors (Lipinski definition) is 4. The molecule has 0 atom stereocenters. The van der Waals surface area contributed by atoms with Crippen molar-refractivity contribution < 1.29 is 18.3 Å². The molecule has 4 rings (SSSR count). The largest absolute Gasteiger partial charge is 0.453 e. The first kappa shape index (κ1) is 16.1. The summed E-state index contributed by atoms with van der Waals surface area (Å²) in [5.74, 6) is -0.709. The van der Waals surface area contributed by atoms with Crippen LogP contribution in [0.15, 0.2) is 60.7 Å². The van der Waals surface area contributed by atoms with Crippen LogP contribution in [-0.2, 0) is 11.3 Å². The zero-order valence-electron chi connectivity index (χ0n) is 13.5. The molecule has 0 radical (unpaired) electrons. The third-order valence-corrected chi connectivity index (χ3v) is 4.00. The van der Waals surface area contributed by atoms with E-state index in [0.29, 0.717) is 11.0 Å². The summed E-state index contributed by atoms with van der Waals surface area (Å²) in [5, 5.41) is 0.892. The predicted molar refractivity (Wildman–Crippen MR) is 91.8 cm³/mol. The second-order valence-electron chi connectivity index (χ2n) is 5.63. The van der Waals surface area contributed by atoms with Crippen molar-refractivity contribution in [2.24, 2.45) is 0 Å². The SMILES string of the molecule is O=C(OCc1nc2ccccc2n1C(F)F)c1ccc2ccccc2n1. The molecule has 0 fully saturated rings. The minimum atomic E-state index is -2.78. The van der Waals surface area contributed by atoms with E-state index in [1.54, 1.807) is 42.5 Å². The number of aromatic nitrogens is 3. The first-order valence-electron chi connectivity index (χ1n) is 7.90. The Balaban J connectivity index is 1.59. The molecule has 0 saturated heterocycles. The number of nitrogens with zero attached hydrogens (tertiary/aromatic N) is 3. The van der Waals surface area contributed by atoms with E-state index in [1.165, 1.54) is 0 Å². The van der Waals surface area contributed by atoms with Crippen molar-refractivity contribution in [1.82, 2.24) is 14.5 Å². The molecule has 0 spiro atoms. The van der Waals surface area contributed by atoms with Crippen LogP contribution in [0.1, 0.15) is 22.9 Å². The Kier molecular flexibility index (Phi) is 4.04. The summed E-state index contributed by atoms with van der Waals surface area (Å²) in [6.07, 6.45) is 0. The van der Waals surface area contributed by atoms with Gasteiger partial charge in [-0.15, -0.1) is 0 Å². The smallest absolute Gasteiger partial charge is 0.357 e. The number of pyridine rings is 1. The standard InChI is InChI=1S/C19H13F2N3O2/c20-19(21)24-16-8-4-3-7-14(16)23-17(24)11-26-18(25)15-10-9-12-5-1-2-6-13(12)22-15/h1-10,19H,11H2. The highest BCUT2D eigenvalue weighted by Gasteiger charge is 2.19. The molecule has 5 nitrogen and oxygen atoms in total. The van der Waals surface area contributed by atoms with Gasteiger partial charge in [0.2, 0.25) is 0 Å². The van der Waals surface area contributed by atoms with Crippen molar-refractivity contribution in [1.29, 1.82) is 0 Å². The molecule has 0 unspecified atom stereocenters. The van der Waals surface area contributed by atoms with Crippen LogP contribution in [0.4, 0.5) is 8.78 Å². The third kappa shape index (κ3) is 2.88. The van der Waals surface area contributed by atoms with Gasteiger partial charge in [-0.2, -0.15) is 8.78 Å². The molecule has 2 heterocycles. The van der Waals surface area contributed by atoms with E-state index in [4.69, 9.17) is 4.74 Å². The van der Waals surface area contributed by atoms with E-state index in [-0.39, 0.29) is 23.6 Å². The highest BCUT2D eigenvalue weighted by molar-refractivity contribution is 5.91. The summed E-state index contributed by atoms with van der Waals surface area (Å²) in [7, 11) is 0. The van der Waals surface area contributed by atoms with Crippen LogP contribution in [0.5, 0.6) is 0 Å². The Labute approximate surface area is 146 Å². The van der Waals surface area contributed by atoms with Gasteiger partial charge in [0.05, 0.1) is 16.6 Å². The van der Waals surface area contributed by atoms with E-state index in [1.807, 2.05) is 18.2 Å². The molecule has 0 aliphatic rings. The molecule has 4 aromatic rings. The van der Waals surface area contributed by atoms with Gasteiger partial charge < -0.3 is 4.74 Å². The minimum absolute atomic E-state index is 0.0182. The van der Waals surface area contributed by atoms with Crippen LogP contribution < -0.4 is 0 Å². The van der Waals surface area contributed by atoms with Crippen molar-refractivity contribution >= 4 is 27.9 Å². The van der Waals surface area contributed by atoms with E-state index in [0.717, 1.165) is 9.95 Å². The summed E-state index contributed by atoms with van der Waals surface area (Å²) >= 11 is 0. The summed E-state index contributed by atoms with van der Waals surface area (Å²) in [6, 6.07) is 17.2. The van der Waals surface area contributed by atoms with Crippen molar-refractivity contribution in [3.8, 4) is 0 Å². The molecule has 0 bridgehead atoms. The Bertz CT molecular complexity index is 1110. The molecular formula is C19H13F2N3O2. The maximum absolute atomic E-state index is 13.4. The lowest BCUT2D eigenvalue weighted by molar-refractivity contribution is 0.0382. The fourth-order valence-electron chi connectivity index (χ4n) is 2.80. The molecule has 0 saturated carbocycles. The number of ether oxygens (including phenoxy) is 1. The summed E-state index contributed by atoms with van der Waals surface area (Å²) in [4.78, 5) is 20.6. The number of imidazole rings is 1. The van der Waals surface area contributed by atoms with Crippen LogP contribution in [0.2, 0.25) is 0 Å². The second-order valence-corrected chi connectivity index (χ2v) is 5.63. The first-order valence-corrected chi connectivity index (χ1v) is 7.90. The van der Waals surface area contributed by atoms with E-state index < -0.39 is 12.5 Å². The normalized spacial score (nSPS) is 11.3. The Morgan fingerprint density at radius 3 is 2.50 bits per heavy atom. The number of alkyl halides is 2. The van der Waals surface area contributed by atoms with Gasteiger partial charge in [-0.25, -0.2) is 14.8 Å². The monoisotopic (exact) mass is 353 g/mol. The first-order chi connectivity index (χ1) is 12.6. The van der Waals surface area contributed by atoms with Gasteiger partial charge in [-0.1, -0.05) is 36.4 Å². The Hall–Kier alpha value is -3.35. The average molecular weight is 353 g/mol. The molecular weight excluding hydrogens is 340 g/mol. The van der Waals surface area contributed by atoms with Crippen LogP contribution in [0, 0.1) is 0 Å². The Morgan fingerprint density at radius 2 is 1.69 bits per heavy atom. The van der Waals surface area contributed by atoms with Gasteiger partial charge in [0.25, 0.3) is 0 Å². The van der Waals surface area contributed by atoms with Crippen LogP contribution in [0.25, 0.3) is 21.9 Å². The zero-order valence-corrected chi connectivity index (χ0v) is 13.5. The third-order valence-electron chi connectivity index (χ3n) is 4.00. The van der Waals surface area contributed by atoms with Crippen molar-refractivity contribution in [2.75, 3.05) is 0 Å². The van der Waals surface area contributed by atoms with Crippen LogP contribution in [0.3, 0.4) is 0 Å². The van der Waals surface area contributed by atoms with Crippen molar-refractivity contribution in [2.45, 2.75) is 13.2 Å². The van der Waals surface area contributed by atoms with E-state index in [2.05, 4.69) is 9.97 Å². The maximum atomic E-state index is 13.4. The van der Waals surface area contributed by atoms with Gasteiger partial charge in [-0.3, -0.25) is 4.57 Å². The van der Waals surface area contributed by atoms with Crippen LogP contribution in [-0.4, -0.2) is 20.5 Å². The lowest BCUT2D eigenvalue weighted by Crippen LogP contribution is -2.11. The molecule has 130 valence electrons. The second kappa shape index (κ2) is 6.51. The molecule has 2 aromatic carbocycles. The number of carbonyl (C=O) groups is 1. The number of esters is 1. The Morgan fingerprint density at radius 1 is 0.962 bits per heavy atom. The van der Waals surface area contributed by atoms with Gasteiger partial charge in [-0.05, 0) is 24.3 Å². The minimum Gasteiger partial charge on any atom is -0.453 e. The molecule has 0 N–H and O–H groups in total. The average Bonchev–Trinajstić information content (AvgIpc) is 3.04. The number of halogens is 2. The van der Waals surface area contributed by atoms with Gasteiger partial charge in [0.15, 0.2) is 5.82 Å². The zero-order chi connectivity index (χ0) is 18.1. The molecule has 0 aliphatic carbocycles. The van der Waals surface area contributed by atoms with Gasteiger partial charge in [0, 0.05) is 5.39 Å².